The number of nitrogens with one attached hydrogen (secondary N) is 2. The third-order valence-electron chi connectivity index (χ3n) is 6.48. The van der Waals surface area contributed by atoms with Crippen LogP contribution in [-0.4, -0.2) is 38.5 Å². The van der Waals surface area contributed by atoms with E-state index < -0.39 is 12.0 Å². The lowest BCUT2D eigenvalue weighted by atomic mass is 10.0. The quantitative estimate of drug-likeness (QED) is 0.225. The van der Waals surface area contributed by atoms with E-state index in [1.807, 2.05) is 60.4 Å². The number of nitrogens with zero attached hydrogens (tertiary/aromatic N) is 2. The number of carboxylic acids is 1. The summed E-state index contributed by atoms with van der Waals surface area (Å²) in [5, 5.41) is 16.5. The molecule has 1 saturated heterocycles. The number of carbonyl (C=O) groups excluding carboxylic acids is 1. The van der Waals surface area contributed by atoms with Crippen LogP contribution in [-0.2, 0) is 4.79 Å². The van der Waals surface area contributed by atoms with E-state index in [0.29, 0.717) is 33.8 Å². The van der Waals surface area contributed by atoms with Gasteiger partial charge in [0.2, 0.25) is 5.91 Å². The second-order valence-electron chi connectivity index (χ2n) is 9.19. The van der Waals surface area contributed by atoms with E-state index in [0.717, 1.165) is 16.9 Å². The molecule has 0 unspecified atom stereocenters. The maximum Gasteiger partial charge on any atom is 0.335 e. The Kier molecular flexibility index (Phi) is 7.63. The fourth-order valence-corrected chi connectivity index (χ4v) is 5.17. The SMILES string of the molecule is Cc1cccc(NC(=O)CCN2C(=S)N[C@H](c3ccccn3)[C@@H]2c2ccc(-c3cc(C(=O)O)ccc3Cl)o2)c1. The van der Waals surface area contributed by atoms with Gasteiger partial charge in [-0.1, -0.05) is 29.8 Å². The highest BCUT2D eigenvalue weighted by molar-refractivity contribution is 7.80. The molecule has 2 aromatic heterocycles. The smallest absolute Gasteiger partial charge is 0.335 e. The standard InChI is InChI=1S/C29H25ClN4O4S/c1-17-5-4-6-19(15-17)32-25(35)12-14-34-27(26(33-29(34)39)22-7-2-3-13-31-22)24-11-10-23(38-24)20-16-18(28(36)37)8-9-21(20)30/h2-11,13,15-16,26-27H,12,14H2,1H3,(H,32,35)(H,33,39)(H,36,37)/t26-,27+/m1/s1. The zero-order valence-corrected chi connectivity index (χ0v) is 22.5. The molecule has 1 aliphatic rings. The molecule has 0 aliphatic carbocycles. The summed E-state index contributed by atoms with van der Waals surface area (Å²) in [7, 11) is 0. The summed E-state index contributed by atoms with van der Waals surface area (Å²) in [6.45, 7) is 2.30. The second kappa shape index (κ2) is 11.3. The molecule has 10 heteroatoms. The number of furan rings is 1. The second-order valence-corrected chi connectivity index (χ2v) is 9.98. The first-order valence-electron chi connectivity index (χ1n) is 12.3. The van der Waals surface area contributed by atoms with Gasteiger partial charge in [0.05, 0.1) is 22.3 Å². The molecule has 0 spiro atoms. The summed E-state index contributed by atoms with van der Waals surface area (Å²) < 4.78 is 6.27. The number of hydrogen-bond acceptors (Lipinski definition) is 5. The Labute approximate surface area is 235 Å². The van der Waals surface area contributed by atoms with Gasteiger partial charge in [0.25, 0.3) is 0 Å². The van der Waals surface area contributed by atoms with Gasteiger partial charge in [-0.05, 0) is 79.3 Å². The molecule has 1 aliphatic heterocycles. The van der Waals surface area contributed by atoms with Crippen LogP contribution in [0.3, 0.4) is 0 Å². The highest BCUT2D eigenvalue weighted by Gasteiger charge is 2.41. The lowest BCUT2D eigenvalue weighted by molar-refractivity contribution is -0.116. The minimum absolute atomic E-state index is 0.101. The predicted octanol–water partition coefficient (Wildman–Crippen LogP) is 6.00. The van der Waals surface area contributed by atoms with Gasteiger partial charge in [-0.25, -0.2) is 4.79 Å². The average Bonchev–Trinajstić information content (AvgIpc) is 3.52. The molecule has 8 nitrogen and oxygen atoms in total. The van der Waals surface area contributed by atoms with E-state index in [-0.39, 0.29) is 23.9 Å². The van der Waals surface area contributed by atoms with Crippen molar-refractivity contribution in [3.8, 4) is 11.3 Å². The summed E-state index contributed by atoms with van der Waals surface area (Å²) >= 11 is 12.1. The summed E-state index contributed by atoms with van der Waals surface area (Å²) in [6, 6.07) is 20.5. The van der Waals surface area contributed by atoms with Crippen LogP contribution in [0.4, 0.5) is 5.69 Å². The monoisotopic (exact) mass is 560 g/mol. The van der Waals surface area contributed by atoms with E-state index in [9.17, 15) is 14.7 Å². The van der Waals surface area contributed by atoms with Crippen LogP contribution in [0.1, 0.15) is 45.9 Å². The van der Waals surface area contributed by atoms with E-state index in [1.54, 1.807) is 12.3 Å². The van der Waals surface area contributed by atoms with E-state index in [1.165, 1.54) is 18.2 Å². The van der Waals surface area contributed by atoms with E-state index in [4.69, 9.17) is 28.2 Å². The fraction of sp³-hybridized carbons (Fsp3) is 0.172. The lowest BCUT2D eigenvalue weighted by Gasteiger charge is -2.25. The predicted molar refractivity (Wildman–Crippen MR) is 153 cm³/mol. The van der Waals surface area contributed by atoms with Crippen LogP contribution in [0.15, 0.2) is 83.4 Å². The zero-order chi connectivity index (χ0) is 27.5. The molecule has 1 amide bonds. The van der Waals surface area contributed by atoms with Crippen molar-refractivity contribution in [3.63, 3.8) is 0 Å². The Balaban J connectivity index is 1.43. The lowest BCUT2D eigenvalue weighted by Crippen LogP contribution is -2.32. The number of rotatable bonds is 8. The average molecular weight is 561 g/mol. The highest BCUT2D eigenvalue weighted by atomic mass is 35.5. The Morgan fingerprint density at radius 3 is 2.72 bits per heavy atom. The molecular weight excluding hydrogens is 536 g/mol. The molecule has 4 aromatic rings. The number of thiocarbonyl (C=S) groups is 1. The zero-order valence-electron chi connectivity index (χ0n) is 20.9. The number of halogens is 1. The van der Waals surface area contributed by atoms with Crippen molar-refractivity contribution in [2.45, 2.75) is 25.4 Å². The maximum atomic E-state index is 12.8. The van der Waals surface area contributed by atoms with Crippen LogP contribution in [0.25, 0.3) is 11.3 Å². The molecule has 0 radical (unpaired) electrons. The first-order valence-corrected chi connectivity index (χ1v) is 13.1. The van der Waals surface area contributed by atoms with Crippen molar-refractivity contribution in [1.29, 1.82) is 0 Å². The summed E-state index contributed by atoms with van der Waals surface area (Å²) in [6.07, 6.45) is 1.90. The van der Waals surface area contributed by atoms with Crippen molar-refractivity contribution >= 4 is 46.5 Å². The molecule has 0 bridgehead atoms. The van der Waals surface area contributed by atoms with Crippen LogP contribution in [0, 0.1) is 6.92 Å². The van der Waals surface area contributed by atoms with Gasteiger partial charge in [0.15, 0.2) is 5.11 Å². The molecular formula is C29H25ClN4O4S. The number of carbonyl (C=O) groups is 2. The van der Waals surface area contributed by atoms with Gasteiger partial charge in [-0.2, -0.15) is 0 Å². The Bertz CT molecular complexity index is 1540. The topological polar surface area (TPSA) is 108 Å². The summed E-state index contributed by atoms with van der Waals surface area (Å²) in [5.41, 5.74) is 3.12. The molecule has 0 saturated carbocycles. The highest BCUT2D eigenvalue weighted by Crippen LogP contribution is 2.41. The number of pyridine rings is 1. The minimum Gasteiger partial charge on any atom is -0.478 e. The molecule has 198 valence electrons. The van der Waals surface area contributed by atoms with Crippen LogP contribution < -0.4 is 10.6 Å². The van der Waals surface area contributed by atoms with Gasteiger partial charge in [0, 0.05) is 30.4 Å². The van der Waals surface area contributed by atoms with Gasteiger partial charge in [-0.15, -0.1) is 0 Å². The van der Waals surface area contributed by atoms with E-state index >= 15 is 0 Å². The number of benzene rings is 2. The minimum atomic E-state index is -1.06. The molecule has 2 aromatic carbocycles. The van der Waals surface area contributed by atoms with Gasteiger partial charge >= 0.3 is 5.97 Å². The third-order valence-corrected chi connectivity index (χ3v) is 7.16. The van der Waals surface area contributed by atoms with Crippen molar-refractivity contribution in [2.75, 3.05) is 11.9 Å². The van der Waals surface area contributed by atoms with Crippen molar-refractivity contribution in [2.24, 2.45) is 0 Å². The number of hydrogen-bond donors (Lipinski definition) is 3. The normalized spacial score (nSPS) is 16.7. The van der Waals surface area contributed by atoms with Crippen molar-refractivity contribution < 1.29 is 19.1 Å². The number of anilines is 1. The Hall–Kier alpha value is -4.21. The number of amides is 1. The molecule has 3 heterocycles. The van der Waals surface area contributed by atoms with Crippen LogP contribution in [0.5, 0.6) is 0 Å². The first kappa shape index (κ1) is 26.4. The molecule has 39 heavy (non-hydrogen) atoms. The molecule has 5 rings (SSSR count). The molecule has 1 fully saturated rings. The number of aryl methyl sites for hydroxylation is 1. The van der Waals surface area contributed by atoms with Crippen LogP contribution in [0.2, 0.25) is 5.02 Å². The molecule has 2 atom stereocenters. The van der Waals surface area contributed by atoms with Gasteiger partial charge in [-0.3, -0.25) is 9.78 Å². The number of aromatic carboxylic acids is 1. The van der Waals surface area contributed by atoms with E-state index in [2.05, 4.69) is 15.6 Å². The largest absolute Gasteiger partial charge is 0.478 e. The molecule has 3 N–H and O–H groups in total. The summed E-state index contributed by atoms with van der Waals surface area (Å²) in [4.78, 5) is 30.7. The van der Waals surface area contributed by atoms with Gasteiger partial charge < -0.3 is 25.1 Å². The Morgan fingerprint density at radius 2 is 1.97 bits per heavy atom. The fourth-order valence-electron chi connectivity index (χ4n) is 4.63. The first-order chi connectivity index (χ1) is 18.8. The van der Waals surface area contributed by atoms with Crippen molar-refractivity contribution in [1.82, 2.24) is 15.2 Å². The maximum absolute atomic E-state index is 12.8. The van der Waals surface area contributed by atoms with Crippen LogP contribution >= 0.6 is 23.8 Å². The number of aromatic nitrogens is 1. The Morgan fingerprint density at radius 1 is 1.13 bits per heavy atom. The van der Waals surface area contributed by atoms with Crippen molar-refractivity contribution in [3.05, 3.63) is 107 Å². The third kappa shape index (κ3) is 5.79. The van der Waals surface area contributed by atoms with Gasteiger partial charge in [0.1, 0.15) is 17.6 Å². The summed E-state index contributed by atoms with van der Waals surface area (Å²) in [5.74, 6) is -0.201. The number of carboxylic acid groups (broad SMARTS) is 1.